The summed E-state index contributed by atoms with van der Waals surface area (Å²) in [6, 6.07) is 0.181. The number of H-pyrrole nitrogens is 1. The van der Waals surface area contributed by atoms with Crippen molar-refractivity contribution in [3.05, 3.63) is 27.7 Å². The molecular weight excluding hydrogens is 281 g/mol. The van der Waals surface area contributed by atoms with Crippen LogP contribution in [0.25, 0.3) is 0 Å². The van der Waals surface area contributed by atoms with Gasteiger partial charge in [0.1, 0.15) is 5.75 Å². The third kappa shape index (κ3) is 4.23. The first-order valence-corrected chi connectivity index (χ1v) is 4.62. The number of alkyl halides is 5. The first-order chi connectivity index (χ1) is 8.60. The molecule has 0 aliphatic rings. The van der Waals surface area contributed by atoms with Crippen LogP contribution in [0.1, 0.15) is 17.7 Å². The summed E-state index contributed by atoms with van der Waals surface area (Å²) in [5.41, 5.74) is -3.33. The van der Waals surface area contributed by atoms with Crippen LogP contribution in [0.2, 0.25) is 0 Å². The summed E-state index contributed by atoms with van der Waals surface area (Å²) in [5, 5.41) is 8.46. The molecule has 0 atom stereocenters. The summed E-state index contributed by atoms with van der Waals surface area (Å²) in [6.07, 6.45) is -9.79. The van der Waals surface area contributed by atoms with Crippen molar-refractivity contribution in [2.45, 2.75) is 19.2 Å². The van der Waals surface area contributed by atoms with Gasteiger partial charge >= 0.3 is 12.3 Å². The van der Waals surface area contributed by atoms with Gasteiger partial charge < -0.3 is 14.8 Å². The average molecular weight is 287 g/mol. The fourth-order valence-corrected chi connectivity index (χ4v) is 1.34. The smallest absolute Gasteiger partial charge is 0.481 e. The lowest BCUT2D eigenvalue weighted by Crippen LogP contribution is -2.22. The van der Waals surface area contributed by atoms with Crippen LogP contribution >= 0.6 is 0 Å². The van der Waals surface area contributed by atoms with E-state index in [1.54, 1.807) is 4.98 Å². The number of hydrogen-bond acceptors (Lipinski definition) is 3. The lowest BCUT2D eigenvalue weighted by molar-refractivity contribution is -0.275. The van der Waals surface area contributed by atoms with Crippen LogP contribution in [0.15, 0.2) is 10.9 Å². The van der Waals surface area contributed by atoms with Crippen molar-refractivity contribution < 1.29 is 36.6 Å². The Balaban J connectivity index is 3.40. The lowest BCUT2D eigenvalue weighted by Gasteiger charge is -2.14. The molecule has 5 nitrogen and oxygen atoms in total. The van der Waals surface area contributed by atoms with E-state index in [0.29, 0.717) is 0 Å². The van der Waals surface area contributed by atoms with E-state index in [2.05, 4.69) is 4.74 Å². The second-order valence-electron chi connectivity index (χ2n) is 3.31. The first kappa shape index (κ1) is 14.9. The molecule has 1 aromatic heterocycles. The molecule has 2 N–H and O–H groups in total. The Morgan fingerprint density at radius 2 is 2.00 bits per heavy atom. The van der Waals surface area contributed by atoms with Gasteiger partial charge in [0.2, 0.25) is 0 Å². The fourth-order valence-electron chi connectivity index (χ4n) is 1.34. The van der Waals surface area contributed by atoms with Crippen LogP contribution in [0, 0.1) is 0 Å². The normalized spacial score (nSPS) is 11.7. The van der Waals surface area contributed by atoms with Crippen LogP contribution < -0.4 is 10.3 Å². The van der Waals surface area contributed by atoms with E-state index < -0.39 is 47.7 Å². The minimum atomic E-state index is -5.28. The molecule has 0 saturated carbocycles. The molecule has 0 fully saturated rings. The molecule has 1 rings (SSSR count). The second-order valence-corrected chi connectivity index (χ2v) is 3.31. The van der Waals surface area contributed by atoms with Crippen molar-refractivity contribution >= 4 is 5.97 Å². The maximum Gasteiger partial charge on any atom is 0.573 e. The largest absolute Gasteiger partial charge is 0.573 e. The van der Waals surface area contributed by atoms with Gasteiger partial charge in [0.25, 0.3) is 12.0 Å². The van der Waals surface area contributed by atoms with Gasteiger partial charge in [-0.1, -0.05) is 0 Å². The molecule has 1 aromatic rings. The summed E-state index contributed by atoms with van der Waals surface area (Å²) >= 11 is 0. The van der Waals surface area contributed by atoms with E-state index in [-0.39, 0.29) is 6.07 Å². The maximum atomic E-state index is 12.7. The number of rotatable bonds is 4. The number of ether oxygens (including phenoxy) is 1. The second kappa shape index (κ2) is 5.24. The highest BCUT2D eigenvalue weighted by Gasteiger charge is 2.34. The maximum absolute atomic E-state index is 12.7. The van der Waals surface area contributed by atoms with Gasteiger partial charge in [0.15, 0.2) is 0 Å². The molecule has 0 aliphatic carbocycles. The van der Waals surface area contributed by atoms with Crippen LogP contribution in [-0.4, -0.2) is 22.4 Å². The van der Waals surface area contributed by atoms with E-state index in [0.717, 1.165) is 0 Å². The van der Waals surface area contributed by atoms with Crippen molar-refractivity contribution in [1.29, 1.82) is 0 Å². The Bertz CT molecular complexity index is 536. The Labute approximate surface area is 101 Å². The molecule has 0 bridgehead atoms. The summed E-state index contributed by atoms with van der Waals surface area (Å²) in [4.78, 5) is 23.2. The third-order valence-corrected chi connectivity index (χ3v) is 1.90. The van der Waals surface area contributed by atoms with Crippen LogP contribution in [0.5, 0.6) is 5.75 Å². The van der Waals surface area contributed by atoms with E-state index in [1.807, 2.05) is 0 Å². The summed E-state index contributed by atoms with van der Waals surface area (Å²) in [6.45, 7) is 0. The zero-order valence-corrected chi connectivity index (χ0v) is 8.92. The molecule has 10 heteroatoms. The van der Waals surface area contributed by atoms with Gasteiger partial charge in [0.05, 0.1) is 12.0 Å². The number of hydrogen-bond donors (Lipinski definition) is 2. The quantitative estimate of drug-likeness (QED) is 0.828. The Morgan fingerprint density at radius 1 is 1.42 bits per heavy atom. The molecule has 106 valence electrons. The van der Waals surface area contributed by atoms with E-state index >= 15 is 0 Å². The van der Waals surface area contributed by atoms with Crippen molar-refractivity contribution in [2.75, 3.05) is 0 Å². The number of pyridine rings is 1. The lowest BCUT2D eigenvalue weighted by atomic mass is 10.1. The number of aromatic amines is 1. The summed E-state index contributed by atoms with van der Waals surface area (Å²) in [5.74, 6) is -3.01. The van der Waals surface area contributed by atoms with Crippen molar-refractivity contribution in [1.82, 2.24) is 4.98 Å². The van der Waals surface area contributed by atoms with E-state index in [9.17, 15) is 31.5 Å². The van der Waals surface area contributed by atoms with Gasteiger partial charge in [-0.05, 0) is 0 Å². The molecule has 0 unspecified atom stereocenters. The molecule has 0 amide bonds. The van der Waals surface area contributed by atoms with Gasteiger partial charge in [0, 0.05) is 11.8 Å². The number of carboxylic acids is 1. The Hall–Kier alpha value is -2.13. The van der Waals surface area contributed by atoms with E-state index in [4.69, 9.17) is 5.11 Å². The predicted molar refractivity (Wildman–Crippen MR) is 50.0 cm³/mol. The number of carboxylic acid groups (broad SMARTS) is 1. The van der Waals surface area contributed by atoms with Crippen LogP contribution in [0.4, 0.5) is 22.0 Å². The molecule has 0 radical (unpaired) electrons. The molecule has 0 saturated heterocycles. The minimum Gasteiger partial charge on any atom is -0.481 e. The highest BCUT2D eigenvalue weighted by molar-refractivity contribution is 5.70. The van der Waals surface area contributed by atoms with Gasteiger partial charge in [-0.2, -0.15) is 0 Å². The molecular formula is C9H6F5NO4. The van der Waals surface area contributed by atoms with Gasteiger partial charge in [-0.3, -0.25) is 9.59 Å². The minimum absolute atomic E-state index is 0.181. The van der Waals surface area contributed by atoms with Crippen molar-refractivity contribution in [2.24, 2.45) is 0 Å². The molecule has 0 aliphatic heterocycles. The predicted octanol–water partition coefficient (Wildman–Crippen LogP) is 1.84. The van der Waals surface area contributed by atoms with Crippen LogP contribution in [-0.2, 0) is 11.2 Å². The highest BCUT2D eigenvalue weighted by atomic mass is 19.4. The third-order valence-electron chi connectivity index (χ3n) is 1.90. The summed E-state index contributed by atoms with van der Waals surface area (Å²) in [7, 11) is 0. The number of carbonyl (C=O) groups is 1. The number of nitrogens with one attached hydrogen (secondary N) is 1. The monoisotopic (exact) mass is 287 g/mol. The number of aromatic nitrogens is 1. The Kier molecular flexibility index (Phi) is 4.12. The zero-order chi connectivity index (χ0) is 14.8. The fraction of sp³-hybridized carbons (Fsp3) is 0.333. The standard InChI is InChI=1S/C9H6F5NO4/c10-8(11)7-3(1-6(17)18)15-5(16)2-4(7)19-9(12,13)14/h2,8H,1H2,(H,15,16)(H,17,18). The Morgan fingerprint density at radius 3 is 2.42 bits per heavy atom. The summed E-state index contributed by atoms with van der Waals surface area (Å²) < 4.78 is 64.7. The number of aliphatic carboxylic acids is 1. The molecule has 1 heterocycles. The molecule has 0 spiro atoms. The van der Waals surface area contributed by atoms with Crippen molar-refractivity contribution in [3.63, 3.8) is 0 Å². The number of halogens is 5. The molecule has 0 aromatic carbocycles. The topological polar surface area (TPSA) is 79.4 Å². The van der Waals surface area contributed by atoms with Crippen molar-refractivity contribution in [3.8, 4) is 5.75 Å². The van der Waals surface area contributed by atoms with E-state index in [1.165, 1.54) is 0 Å². The first-order valence-electron chi connectivity index (χ1n) is 4.62. The SMILES string of the molecule is O=C(O)Cc1[nH]c(=O)cc(OC(F)(F)F)c1C(F)F. The van der Waals surface area contributed by atoms with Gasteiger partial charge in [-0.15, -0.1) is 13.2 Å². The molecule has 19 heavy (non-hydrogen) atoms. The average Bonchev–Trinajstić information content (AvgIpc) is 2.10. The van der Waals surface area contributed by atoms with Crippen LogP contribution in [0.3, 0.4) is 0 Å². The zero-order valence-electron chi connectivity index (χ0n) is 8.92. The highest BCUT2D eigenvalue weighted by Crippen LogP contribution is 2.33. The van der Waals surface area contributed by atoms with Gasteiger partial charge in [-0.25, -0.2) is 8.78 Å².